The minimum atomic E-state index is -0.285. The molecule has 1 heterocycles. The third-order valence-electron chi connectivity index (χ3n) is 4.44. The smallest absolute Gasteiger partial charge is 0.251 e. The molecule has 1 aliphatic rings. The predicted octanol–water partition coefficient (Wildman–Crippen LogP) is 2.63. The van der Waals surface area contributed by atoms with Crippen molar-refractivity contribution in [2.75, 3.05) is 6.54 Å². The van der Waals surface area contributed by atoms with E-state index in [9.17, 15) is 4.79 Å². The maximum atomic E-state index is 12.4. The van der Waals surface area contributed by atoms with Crippen molar-refractivity contribution in [3.05, 3.63) is 54.1 Å². The van der Waals surface area contributed by atoms with Crippen molar-refractivity contribution in [1.82, 2.24) is 14.9 Å². The van der Waals surface area contributed by atoms with Gasteiger partial charge in [0.1, 0.15) is 0 Å². The van der Waals surface area contributed by atoms with E-state index in [0.717, 1.165) is 24.9 Å². The molecule has 1 aromatic carbocycles. The summed E-state index contributed by atoms with van der Waals surface area (Å²) in [6.45, 7) is 3.27. The molecule has 0 saturated heterocycles. The van der Waals surface area contributed by atoms with Crippen molar-refractivity contribution >= 4 is 30.7 Å². The quantitative estimate of drug-likeness (QED) is 0.820. The van der Waals surface area contributed by atoms with Gasteiger partial charge in [-0.25, -0.2) is 4.98 Å². The van der Waals surface area contributed by atoms with Gasteiger partial charge < -0.3 is 15.6 Å². The lowest BCUT2D eigenvalue weighted by Crippen LogP contribution is -2.53. The molecule has 1 fully saturated rings. The first-order valence-corrected chi connectivity index (χ1v) is 7.68. The molecule has 7 heteroatoms. The van der Waals surface area contributed by atoms with Gasteiger partial charge in [-0.3, -0.25) is 4.79 Å². The first-order valence-electron chi connectivity index (χ1n) is 7.68. The summed E-state index contributed by atoms with van der Waals surface area (Å²) in [5.41, 5.74) is 7.38. The summed E-state index contributed by atoms with van der Waals surface area (Å²) in [5, 5.41) is 3.11. The zero-order valence-corrected chi connectivity index (χ0v) is 15.3. The molecule has 0 spiro atoms. The monoisotopic (exact) mass is 370 g/mol. The molecule has 1 unspecified atom stereocenters. The van der Waals surface area contributed by atoms with Crippen LogP contribution in [0, 0.1) is 5.92 Å². The van der Waals surface area contributed by atoms with Gasteiger partial charge in [0.05, 0.1) is 11.9 Å². The highest BCUT2D eigenvalue weighted by Gasteiger charge is 2.41. The van der Waals surface area contributed by atoms with Crippen LogP contribution in [0.3, 0.4) is 0 Å². The fraction of sp³-hybridized carbons (Fsp3) is 0.412. The van der Waals surface area contributed by atoms with Crippen LogP contribution in [0.1, 0.15) is 35.7 Å². The number of nitrogens with two attached hydrogens (primary N) is 1. The minimum absolute atomic E-state index is 0. The van der Waals surface area contributed by atoms with E-state index in [0.29, 0.717) is 18.0 Å². The van der Waals surface area contributed by atoms with Gasteiger partial charge in [-0.05, 0) is 43.4 Å². The Bertz CT molecular complexity index is 641. The Labute approximate surface area is 154 Å². The van der Waals surface area contributed by atoms with Crippen molar-refractivity contribution in [1.29, 1.82) is 0 Å². The Morgan fingerprint density at radius 1 is 1.33 bits per heavy atom. The topological polar surface area (TPSA) is 72.9 Å². The lowest BCUT2D eigenvalue weighted by atomic mass is 9.95. The second-order valence-corrected chi connectivity index (χ2v) is 6.28. The van der Waals surface area contributed by atoms with Gasteiger partial charge in [-0.2, -0.15) is 0 Å². The third-order valence-corrected chi connectivity index (χ3v) is 4.44. The summed E-state index contributed by atoms with van der Waals surface area (Å²) in [7, 11) is 0. The zero-order chi connectivity index (χ0) is 15.6. The highest BCUT2D eigenvalue weighted by Crippen LogP contribution is 2.39. The molecule has 1 aromatic heterocycles. The standard InChI is InChI=1S/C17H22N4O.2ClH/c1-17(11-18,15-6-7-15)20-16(22)14-4-2-13(3-5-14)10-21-9-8-19-12-21;;/h2-5,8-9,12,15H,6-7,10-11,18H2,1H3,(H,20,22);2*1H. The number of aromatic nitrogens is 2. The van der Waals surface area contributed by atoms with Gasteiger partial charge in [-0.1, -0.05) is 12.1 Å². The van der Waals surface area contributed by atoms with Crippen LogP contribution < -0.4 is 11.1 Å². The number of imidazole rings is 1. The van der Waals surface area contributed by atoms with Crippen LogP contribution in [0.4, 0.5) is 0 Å². The van der Waals surface area contributed by atoms with Crippen LogP contribution in [0.5, 0.6) is 0 Å². The molecule has 3 rings (SSSR count). The Balaban J connectivity index is 0.00000144. The van der Waals surface area contributed by atoms with Crippen molar-refractivity contribution in [2.45, 2.75) is 31.8 Å². The molecule has 1 aliphatic carbocycles. The highest BCUT2D eigenvalue weighted by molar-refractivity contribution is 5.94. The van der Waals surface area contributed by atoms with Crippen LogP contribution in [0.25, 0.3) is 0 Å². The maximum absolute atomic E-state index is 12.4. The molecule has 3 N–H and O–H groups in total. The largest absolute Gasteiger partial charge is 0.345 e. The molecule has 24 heavy (non-hydrogen) atoms. The van der Waals surface area contributed by atoms with Crippen LogP contribution in [0.15, 0.2) is 43.0 Å². The number of carbonyl (C=O) groups is 1. The summed E-state index contributed by atoms with van der Waals surface area (Å²) in [5.74, 6) is 0.469. The van der Waals surface area contributed by atoms with E-state index in [4.69, 9.17) is 5.73 Å². The van der Waals surface area contributed by atoms with E-state index in [2.05, 4.69) is 10.3 Å². The molecule has 1 saturated carbocycles. The lowest BCUT2D eigenvalue weighted by Gasteiger charge is -2.29. The maximum Gasteiger partial charge on any atom is 0.251 e. The first-order chi connectivity index (χ1) is 10.6. The summed E-state index contributed by atoms with van der Waals surface area (Å²) in [6.07, 6.45) is 7.76. The number of halogens is 2. The fourth-order valence-corrected chi connectivity index (χ4v) is 2.72. The average Bonchev–Trinajstić information content (AvgIpc) is 3.27. The summed E-state index contributed by atoms with van der Waals surface area (Å²) in [6, 6.07) is 7.69. The van der Waals surface area contributed by atoms with E-state index < -0.39 is 0 Å². The molecule has 1 atom stereocenters. The van der Waals surface area contributed by atoms with Gasteiger partial charge in [0.15, 0.2) is 0 Å². The number of amides is 1. The SMILES string of the molecule is CC(CN)(NC(=O)c1ccc(Cn2ccnc2)cc1)C1CC1.Cl.Cl. The molecule has 5 nitrogen and oxygen atoms in total. The molecule has 0 aliphatic heterocycles. The normalized spacial score (nSPS) is 15.6. The Morgan fingerprint density at radius 3 is 2.50 bits per heavy atom. The van der Waals surface area contributed by atoms with Crippen molar-refractivity contribution < 1.29 is 4.79 Å². The van der Waals surface area contributed by atoms with Crippen LogP contribution in [-0.2, 0) is 6.54 Å². The van der Waals surface area contributed by atoms with Crippen molar-refractivity contribution in [3.63, 3.8) is 0 Å². The van der Waals surface area contributed by atoms with E-state index in [1.54, 1.807) is 12.5 Å². The van der Waals surface area contributed by atoms with Crippen LogP contribution in [-0.4, -0.2) is 27.5 Å². The van der Waals surface area contributed by atoms with E-state index in [1.807, 2.05) is 42.0 Å². The molecule has 2 aromatic rings. The number of hydrogen-bond donors (Lipinski definition) is 2. The van der Waals surface area contributed by atoms with Gasteiger partial charge in [-0.15, -0.1) is 24.8 Å². The summed E-state index contributed by atoms with van der Waals surface area (Å²) in [4.78, 5) is 16.4. The van der Waals surface area contributed by atoms with Crippen molar-refractivity contribution in [3.8, 4) is 0 Å². The van der Waals surface area contributed by atoms with E-state index in [1.165, 1.54) is 0 Å². The molecular formula is C17H24Cl2N4O. The van der Waals surface area contributed by atoms with Gasteiger partial charge >= 0.3 is 0 Å². The number of hydrogen-bond acceptors (Lipinski definition) is 3. The Kier molecular flexibility index (Phi) is 7.27. The molecule has 0 radical (unpaired) electrons. The second kappa shape index (κ2) is 8.51. The number of benzene rings is 1. The van der Waals surface area contributed by atoms with Gasteiger partial charge in [0, 0.05) is 31.0 Å². The predicted molar refractivity (Wildman–Crippen MR) is 99.9 cm³/mol. The summed E-state index contributed by atoms with van der Waals surface area (Å²) >= 11 is 0. The molecular weight excluding hydrogens is 347 g/mol. The van der Waals surface area contributed by atoms with Crippen LogP contribution in [0.2, 0.25) is 0 Å². The zero-order valence-electron chi connectivity index (χ0n) is 13.6. The van der Waals surface area contributed by atoms with Crippen molar-refractivity contribution in [2.24, 2.45) is 11.7 Å². The summed E-state index contributed by atoms with van der Waals surface area (Å²) < 4.78 is 1.99. The minimum Gasteiger partial charge on any atom is -0.345 e. The Hall–Kier alpha value is -1.56. The second-order valence-electron chi connectivity index (χ2n) is 6.28. The number of nitrogens with one attached hydrogen (secondary N) is 1. The number of nitrogens with zero attached hydrogens (tertiary/aromatic N) is 2. The Morgan fingerprint density at radius 2 is 2.00 bits per heavy atom. The first kappa shape index (κ1) is 20.5. The van der Waals surface area contributed by atoms with Gasteiger partial charge in [0.25, 0.3) is 5.91 Å². The van der Waals surface area contributed by atoms with E-state index in [-0.39, 0.29) is 36.3 Å². The number of carbonyl (C=O) groups excluding carboxylic acids is 1. The van der Waals surface area contributed by atoms with Gasteiger partial charge in [0.2, 0.25) is 0 Å². The van der Waals surface area contributed by atoms with Crippen LogP contribution >= 0.6 is 24.8 Å². The molecule has 132 valence electrons. The van der Waals surface area contributed by atoms with E-state index >= 15 is 0 Å². The average molecular weight is 371 g/mol. The highest BCUT2D eigenvalue weighted by atomic mass is 35.5. The number of rotatable bonds is 6. The fourth-order valence-electron chi connectivity index (χ4n) is 2.72. The lowest BCUT2D eigenvalue weighted by molar-refractivity contribution is 0.0898. The third kappa shape index (κ3) is 4.72. The molecule has 0 bridgehead atoms. The molecule has 1 amide bonds.